The van der Waals surface area contributed by atoms with Crippen LogP contribution in [0.1, 0.15) is 17.7 Å². The summed E-state index contributed by atoms with van der Waals surface area (Å²) in [6.07, 6.45) is 2.15. The van der Waals surface area contributed by atoms with E-state index in [-0.39, 0.29) is 24.9 Å². The van der Waals surface area contributed by atoms with Crippen molar-refractivity contribution in [2.24, 2.45) is 0 Å². The molecule has 0 bridgehead atoms. The maximum atomic E-state index is 12.1. The quantitative estimate of drug-likeness (QED) is 0.790. The Morgan fingerprint density at radius 1 is 1.38 bits per heavy atom. The summed E-state index contributed by atoms with van der Waals surface area (Å²) in [5, 5.41) is 4.92. The minimum Gasteiger partial charge on any atom is -0.352 e. The summed E-state index contributed by atoms with van der Waals surface area (Å²) < 4.78 is 1.04. The van der Waals surface area contributed by atoms with Crippen LogP contribution in [-0.4, -0.2) is 54.8 Å². The normalized spacial score (nSPS) is 14.3. The molecule has 0 radical (unpaired) electrons. The van der Waals surface area contributed by atoms with E-state index >= 15 is 0 Å². The van der Waals surface area contributed by atoms with Crippen molar-refractivity contribution in [2.45, 2.75) is 25.4 Å². The number of likely N-dealkylation sites (N-methyl/N-ethyl adjacent to an activating group) is 2. The number of nitrogens with zero attached hydrogens (tertiary/aromatic N) is 2. The predicted octanol–water partition coefficient (Wildman–Crippen LogP) is 1.68. The molecule has 21 heavy (non-hydrogen) atoms. The Morgan fingerprint density at radius 3 is 2.67 bits per heavy atom. The first-order valence-corrected chi connectivity index (χ1v) is 8.56. The number of hydrogen-bond acceptors (Lipinski definition) is 4. The minimum absolute atomic E-state index is 0.00218. The third-order valence-electron chi connectivity index (χ3n) is 3.20. The van der Waals surface area contributed by atoms with Gasteiger partial charge >= 0.3 is 0 Å². The first-order chi connectivity index (χ1) is 9.94. The molecule has 1 fully saturated rings. The van der Waals surface area contributed by atoms with Gasteiger partial charge in [0.05, 0.1) is 19.6 Å². The Labute approximate surface area is 137 Å². The number of rotatable bonds is 7. The number of amides is 2. The minimum atomic E-state index is -0.00218. The monoisotopic (exact) mass is 373 g/mol. The largest absolute Gasteiger partial charge is 0.352 e. The molecule has 0 saturated heterocycles. The predicted molar refractivity (Wildman–Crippen MR) is 87.2 cm³/mol. The molecule has 0 aliphatic heterocycles. The molecule has 0 spiro atoms. The van der Waals surface area contributed by atoms with Gasteiger partial charge in [-0.3, -0.25) is 14.5 Å². The smallest absolute Gasteiger partial charge is 0.236 e. The second kappa shape index (κ2) is 7.38. The van der Waals surface area contributed by atoms with Gasteiger partial charge in [-0.15, -0.1) is 11.3 Å². The molecule has 2 amide bonds. The zero-order valence-corrected chi connectivity index (χ0v) is 14.7. The Morgan fingerprint density at radius 2 is 2.10 bits per heavy atom. The Balaban J connectivity index is 1.72. The van der Waals surface area contributed by atoms with E-state index < -0.39 is 0 Å². The van der Waals surface area contributed by atoms with E-state index in [9.17, 15) is 9.59 Å². The Hall–Kier alpha value is -0.920. The molecular formula is C14H20BrN3O2S. The van der Waals surface area contributed by atoms with Crippen molar-refractivity contribution < 1.29 is 9.59 Å². The van der Waals surface area contributed by atoms with Crippen LogP contribution in [-0.2, 0) is 16.1 Å². The molecule has 1 aliphatic carbocycles. The number of carbonyl (C=O) groups excluding carboxylic acids is 2. The summed E-state index contributed by atoms with van der Waals surface area (Å²) in [5.74, 6) is 0.0129. The van der Waals surface area contributed by atoms with E-state index in [2.05, 4.69) is 21.2 Å². The fraction of sp³-hybridized carbons (Fsp3) is 0.571. The zero-order chi connectivity index (χ0) is 15.4. The fourth-order valence-corrected chi connectivity index (χ4v) is 3.42. The second-order valence-corrected chi connectivity index (χ2v) is 7.41. The number of nitrogens with one attached hydrogen (secondary N) is 1. The lowest BCUT2D eigenvalue weighted by molar-refractivity contribution is -0.132. The van der Waals surface area contributed by atoms with E-state index in [1.165, 1.54) is 0 Å². The van der Waals surface area contributed by atoms with Gasteiger partial charge in [-0.25, -0.2) is 0 Å². The molecule has 1 saturated carbocycles. The third kappa shape index (κ3) is 5.76. The van der Waals surface area contributed by atoms with Gasteiger partial charge in [0, 0.05) is 27.8 Å². The van der Waals surface area contributed by atoms with Gasteiger partial charge in [0.15, 0.2) is 0 Å². The fourth-order valence-electron chi connectivity index (χ4n) is 1.91. The van der Waals surface area contributed by atoms with Gasteiger partial charge < -0.3 is 10.2 Å². The first kappa shape index (κ1) is 16.5. The van der Waals surface area contributed by atoms with Crippen LogP contribution in [0.4, 0.5) is 0 Å². The summed E-state index contributed by atoms with van der Waals surface area (Å²) in [5.41, 5.74) is 0. The molecule has 0 aromatic carbocycles. The van der Waals surface area contributed by atoms with Crippen LogP contribution in [0.15, 0.2) is 15.9 Å². The van der Waals surface area contributed by atoms with Crippen molar-refractivity contribution in [1.82, 2.24) is 15.1 Å². The van der Waals surface area contributed by atoms with E-state index in [4.69, 9.17) is 0 Å². The molecule has 116 valence electrons. The highest BCUT2D eigenvalue weighted by Crippen LogP contribution is 2.21. The average molecular weight is 374 g/mol. The van der Waals surface area contributed by atoms with Crippen molar-refractivity contribution >= 4 is 39.1 Å². The summed E-state index contributed by atoms with van der Waals surface area (Å²) in [7, 11) is 3.58. The summed E-state index contributed by atoms with van der Waals surface area (Å²) >= 11 is 5.03. The SMILES string of the molecule is CN(CC(=O)NC1CC1)CC(=O)N(C)Cc1cc(Br)cs1. The van der Waals surface area contributed by atoms with Crippen molar-refractivity contribution in [3.05, 3.63) is 20.8 Å². The molecule has 1 aromatic heterocycles. The Bertz CT molecular complexity index is 516. The van der Waals surface area contributed by atoms with Crippen molar-refractivity contribution in [2.75, 3.05) is 27.2 Å². The highest BCUT2D eigenvalue weighted by molar-refractivity contribution is 9.10. The van der Waals surface area contributed by atoms with E-state index in [0.29, 0.717) is 12.6 Å². The van der Waals surface area contributed by atoms with Crippen molar-refractivity contribution in [3.8, 4) is 0 Å². The Kier molecular flexibility index (Phi) is 5.78. The van der Waals surface area contributed by atoms with Crippen LogP contribution in [0, 0.1) is 0 Å². The topological polar surface area (TPSA) is 52.7 Å². The highest BCUT2D eigenvalue weighted by Gasteiger charge is 2.24. The number of hydrogen-bond donors (Lipinski definition) is 1. The van der Waals surface area contributed by atoms with Crippen LogP contribution in [0.5, 0.6) is 0 Å². The maximum absolute atomic E-state index is 12.1. The second-order valence-electron chi connectivity index (χ2n) is 5.50. The number of carbonyl (C=O) groups is 2. The van der Waals surface area contributed by atoms with Gasteiger partial charge in [0.1, 0.15) is 0 Å². The first-order valence-electron chi connectivity index (χ1n) is 6.89. The molecule has 0 unspecified atom stereocenters. The number of thiophene rings is 1. The van der Waals surface area contributed by atoms with Gasteiger partial charge in [0.2, 0.25) is 11.8 Å². The lowest BCUT2D eigenvalue weighted by Crippen LogP contribution is -2.41. The molecule has 5 nitrogen and oxygen atoms in total. The van der Waals surface area contributed by atoms with Gasteiger partial charge in [-0.1, -0.05) is 0 Å². The number of halogens is 1. The summed E-state index contributed by atoms with van der Waals surface area (Å²) in [6, 6.07) is 2.38. The van der Waals surface area contributed by atoms with Crippen molar-refractivity contribution in [1.29, 1.82) is 0 Å². The molecule has 0 atom stereocenters. The highest BCUT2D eigenvalue weighted by atomic mass is 79.9. The van der Waals surface area contributed by atoms with Crippen LogP contribution in [0.3, 0.4) is 0 Å². The van der Waals surface area contributed by atoms with E-state index in [1.807, 2.05) is 11.4 Å². The summed E-state index contributed by atoms with van der Waals surface area (Å²) in [4.78, 5) is 28.4. The lowest BCUT2D eigenvalue weighted by Gasteiger charge is -2.21. The van der Waals surface area contributed by atoms with Gasteiger partial charge in [-0.05, 0) is 41.9 Å². The zero-order valence-electron chi connectivity index (χ0n) is 12.3. The standard InChI is InChI=1S/C14H20BrN3O2S/c1-17(7-13(19)16-11-3-4-11)8-14(20)18(2)6-12-5-10(15)9-21-12/h5,9,11H,3-4,6-8H2,1-2H3,(H,16,19). The molecule has 1 aliphatic rings. The van der Waals surface area contributed by atoms with E-state index in [0.717, 1.165) is 22.2 Å². The van der Waals surface area contributed by atoms with Crippen LogP contribution in [0.25, 0.3) is 0 Å². The summed E-state index contributed by atoms with van der Waals surface area (Å²) in [6.45, 7) is 1.11. The van der Waals surface area contributed by atoms with Crippen LogP contribution >= 0.6 is 27.3 Å². The average Bonchev–Trinajstić information content (AvgIpc) is 3.10. The van der Waals surface area contributed by atoms with Crippen LogP contribution in [0.2, 0.25) is 0 Å². The third-order valence-corrected chi connectivity index (χ3v) is 4.88. The maximum Gasteiger partial charge on any atom is 0.236 e. The van der Waals surface area contributed by atoms with Gasteiger partial charge in [-0.2, -0.15) is 0 Å². The molecule has 7 heteroatoms. The van der Waals surface area contributed by atoms with Crippen molar-refractivity contribution in [3.63, 3.8) is 0 Å². The van der Waals surface area contributed by atoms with Gasteiger partial charge in [0.25, 0.3) is 0 Å². The molecular weight excluding hydrogens is 354 g/mol. The van der Waals surface area contributed by atoms with E-state index in [1.54, 1.807) is 35.2 Å². The lowest BCUT2D eigenvalue weighted by atomic mass is 10.4. The molecule has 1 N–H and O–H groups in total. The van der Waals surface area contributed by atoms with Crippen LogP contribution < -0.4 is 5.32 Å². The molecule has 1 heterocycles. The molecule has 2 rings (SSSR count). The molecule has 1 aromatic rings.